The van der Waals surface area contributed by atoms with Gasteiger partial charge in [0.05, 0.1) is 27.3 Å². The van der Waals surface area contributed by atoms with Crippen LogP contribution >= 0.6 is 0 Å². The number of benzene rings is 3. The maximum absolute atomic E-state index is 13.6. The van der Waals surface area contributed by atoms with E-state index in [4.69, 9.17) is 9.47 Å². The lowest BCUT2D eigenvalue weighted by Crippen LogP contribution is -2.54. The lowest BCUT2D eigenvalue weighted by molar-refractivity contribution is -0.131. The van der Waals surface area contributed by atoms with Crippen LogP contribution in [0.5, 0.6) is 11.5 Å². The smallest absolute Gasteiger partial charge is 0.242 e. The fourth-order valence-electron chi connectivity index (χ4n) is 5.85. The van der Waals surface area contributed by atoms with Crippen molar-refractivity contribution in [2.45, 2.75) is 19.8 Å². The zero-order valence-electron chi connectivity index (χ0n) is 26.4. The third kappa shape index (κ3) is 7.56. The molecule has 0 aliphatic carbocycles. The zero-order chi connectivity index (χ0) is 31.1. The lowest BCUT2D eigenvalue weighted by atomic mass is 10.0. The summed E-state index contributed by atoms with van der Waals surface area (Å²) in [5, 5.41) is 0. The highest BCUT2D eigenvalue weighted by atomic mass is 16.5. The molecule has 2 amide bonds. The topological polar surface area (TPSA) is 68.8 Å². The van der Waals surface area contributed by atoms with E-state index < -0.39 is 0 Å². The lowest BCUT2D eigenvalue weighted by Gasteiger charge is -2.38. The second-order valence-corrected chi connectivity index (χ2v) is 11.7. The monoisotopic (exact) mass is 599 g/mol. The Hall–Kier alpha value is -4.40. The summed E-state index contributed by atoms with van der Waals surface area (Å²) >= 11 is 0. The van der Waals surface area contributed by atoms with Gasteiger partial charge in [0.1, 0.15) is 11.5 Å². The Morgan fingerprint density at radius 1 is 0.614 bits per heavy atom. The van der Waals surface area contributed by atoms with Crippen molar-refractivity contribution in [2.75, 3.05) is 94.4 Å². The average molecular weight is 600 g/mol. The van der Waals surface area contributed by atoms with Crippen LogP contribution in [0, 0.1) is 0 Å². The van der Waals surface area contributed by atoms with E-state index in [1.807, 2.05) is 51.1 Å². The SMILES string of the molecule is COc1ccc(N2CCN(C(=O)CN(CC(=O)N3CCN(c4ccc(OC)cc4)CC3)c3ccc(C(C)C)cc3)CC2)cc1. The molecule has 234 valence electrons. The summed E-state index contributed by atoms with van der Waals surface area (Å²) < 4.78 is 10.6. The normalized spacial score (nSPS) is 15.4. The van der Waals surface area contributed by atoms with E-state index in [-0.39, 0.29) is 24.9 Å². The molecule has 5 rings (SSSR count). The highest BCUT2D eigenvalue weighted by molar-refractivity contribution is 5.87. The molecule has 0 unspecified atom stereocenters. The molecule has 0 N–H and O–H groups in total. The van der Waals surface area contributed by atoms with Gasteiger partial charge in [-0.25, -0.2) is 0 Å². The molecule has 2 aliphatic rings. The van der Waals surface area contributed by atoms with Gasteiger partial charge in [-0.05, 0) is 72.1 Å². The van der Waals surface area contributed by atoms with E-state index >= 15 is 0 Å². The van der Waals surface area contributed by atoms with Crippen LogP contribution in [0.25, 0.3) is 0 Å². The van der Waals surface area contributed by atoms with Gasteiger partial charge >= 0.3 is 0 Å². The number of rotatable bonds is 10. The maximum Gasteiger partial charge on any atom is 0.242 e. The predicted molar refractivity (Wildman–Crippen MR) is 176 cm³/mol. The molecule has 2 saturated heterocycles. The van der Waals surface area contributed by atoms with Crippen molar-refractivity contribution in [3.8, 4) is 11.5 Å². The number of nitrogens with zero attached hydrogens (tertiary/aromatic N) is 5. The Bertz CT molecular complexity index is 1280. The summed E-state index contributed by atoms with van der Waals surface area (Å²) in [6, 6.07) is 24.4. The summed E-state index contributed by atoms with van der Waals surface area (Å²) in [6.07, 6.45) is 0. The number of anilines is 3. The van der Waals surface area contributed by atoms with Gasteiger partial charge in [0, 0.05) is 69.4 Å². The molecule has 3 aromatic rings. The molecule has 3 aromatic carbocycles. The molecular weight excluding hydrogens is 554 g/mol. The van der Waals surface area contributed by atoms with Crippen molar-refractivity contribution in [1.82, 2.24) is 9.80 Å². The molecule has 0 aromatic heterocycles. The fraction of sp³-hybridized carbons (Fsp3) is 0.429. The molecule has 0 bridgehead atoms. The highest BCUT2D eigenvalue weighted by Gasteiger charge is 2.27. The van der Waals surface area contributed by atoms with Crippen molar-refractivity contribution in [3.05, 3.63) is 78.4 Å². The van der Waals surface area contributed by atoms with E-state index in [0.29, 0.717) is 32.1 Å². The van der Waals surface area contributed by atoms with E-state index in [2.05, 4.69) is 60.0 Å². The van der Waals surface area contributed by atoms with Gasteiger partial charge in [0.25, 0.3) is 0 Å². The van der Waals surface area contributed by atoms with Crippen LogP contribution in [-0.2, 0) is 9.59 Å². The minimum absolute atomic E-state index is 0.0458. The summed E-state index contributed by atoms with van der Waals surface area (Å²) in [6.45, 7) is 10.3. The first-order valence-corrected chi connectivity index (χ1v) is 15.5. The van der Waals surface area contributed by atoms with Gasteiger partial charge in [0.15, 0.2) is 0 Å². The first kappa shape index (κ1) is 31.0. The van der Waals surface area contributed by atoms with Crippen LogP contribution in [0.2, 0.25) is 0 Å². The van der Waals surface area contributed by atoms with Crippen LogP contribution in [0.15, 0.2) is 72.8 Å². The maximum atomic E-state index is 13.6. The Morgan fingerprint density at radius 2 is 1.00 bits per heavy atom. The fourth-order valence-corrected chi connectivity index (χ4v) is 5.85. The van der Waals surface area contributed by atoms with Crippen LogP contribution in [0.1, 0.15) is 25.3 Å². The van der Waals surface area contributed by atoms with Gasteiger partial charge in [-0.15, -0.1) is 0 Å². The number of hydrogen-bond donors (Lipinski definition) is 0. The quantitative estimate of drug-likeness (QED) is 0.344. The Morgan fingerprint density at radius 3 is 1.34 bits per heavy atom. The van der Waals surface area contributed by atoms with E-state index in [1.54, 1.807) is 14.2 Å². The second kappa shape index (κ2) is 14.4. The average Bonchev–Trinajstić information content (AvgIpc) is 3.08. The number of methoxy groups -OCH3 is 2. The van der Waals surface area contributed by atoms with Crippen molar-refractivity contribution >= 4 is 28.9 Å². The minimum atomic E-state index is 0.0458. The first-order chi connectivity index (χ1) is 21.3. The summed E-state index contributed by atoms with van der Waals surface area (Å²) in [4.78, 5) is 37.6. The van der Waals surface area contributed by atoms with Gasteiger partial charge in [0.2, 0.25) is 11.8 Å². The molecule has 0 saturated carbocycles. The minimum Gasteiger partial charge on any atom is -0.497 e. The molecule has 2 fully saturated rings. The Kier molecular flexibility index (Phi) is 10.1. The largest absolute Gasteiger partial charge is 0.497 e. The third-order valence-corrected chi connectivity index (χ3v) is 8.72. The van der Waals surface area contributed by atoms with Gasteiger partial charge < -0.3 is 34.0 Å². The van der Waals surface area contributed by atoms with Crippen LogP contribution in [0.3, 0.4) is 0 Å². The van der Waals surface area contributed by atoms with Crippen LogP contribution in [0.4, 0.5) is 17.1 Å². The summed E-state index contributed by atoms with van der Waals surface area (Å²) in [7, 11) is 3.33. The number of amides is 2. The molecule has 0 spiro atoms. The molecule has 2 aliphatic heterocycles. The van der Waals surface area contributed by atoms with E-state index in [0.717, 1.165) is 54.7 Å². The molecule has 2 heterocycles. The first-order valence-electron chi connectivity index (χ1n) is 15.5. The van der Waals surface area contributed by atoms with Crippen LogP contribution < -0.4 is 24.2 Å². The molecule has 0 radical (unpaired) electrons. The molecule has 9 heteroatoms. The summed E-state index contributed by atoms with van der Waals surface area (Å²) in [5.41, 5.74) is 4.38. The molecule has 9 nitrogen and oxygen atoms in total. The number of piperazine rings is 2. The van der Waals surface area contributed by atoms with E-state index in [1.165, 1.54) is 5.56 Å². The van der Waals surface area contributed by atoms with Crippen LogP contribution in [-0.4, -0.2) is 101 Å². The highest BCUT2D eigenvalue weighted by Crippen LogP contribution is 2.24. The van der Waals surface area contributed by atoms with Crippen molar-refractivity contribution in [3.63, 3.8) is 0 Å². The standard InChI is InChI=1S/C35H45N5O4/c1-27(2)28-5-7-31(8-6-28)40(25-34(41)38-21-17-36(18-22-38)29-9-13-32(43-3)14-10-29)26-35(42)39-23-19-37(20-24-39)30-11-15-33(44-4)16-12-30/h5-16,27H,17-26H2,1-4H3. The molecular formula is C35H45N5O4. The second-order valence-electron chi connectivity index (χ2n) is 11.7. The number of hydrogen-bond acceptors (Lipinski definition) is 7. The predicted octanol–water partition coefficient (Wildman–Crippen LogP) is 4.33. The number of carbonyl (C=O) groups is 2. The number of carbonyl (C=O) groups excluding carboxylic acids is 2. The van der Waals surface area contributed by atoms with E-state index in [9.17, 15) is 9.59 Å². The van der Waals surface area contributed by atoms with Crippen molar-refractivity contribution in [2.24, 2.45) is 0 Å². The van der Waals surface area contributed by atoms with Gasteiger partial charge in [-0.2, -0.15) is 0 Å². The zero-order valence-corrected chi connectivity index (χ0v) is 26.4. The summed E-state index contributed by atoms with van der Waals surface area (Å²) in [5.74, 6) is 2.16. The molecule has 44 heavy (non-hydrogen) atoms. The van der Waals surface area contributed by atoms with Gasteiger partial charge in [-0.1, -0.05) is 26.0 Å². The Labute approximate surface area is 261 Å². The van der Waals surface area contributed by atoms with Crippen molar-refractivity contribution in [1.29, 1.82) is 0 Å². The van der Waals surface area contributed by atoms with Gasteiger partial charge in [-0.3, -0.25) is 9.59 Å². The molecule has 0 atom stereocenters. The van der Waals surface area contributed by atoms with Crippen molar-refractivity contribution < 1.29 is 19.1 Å². The number of ether oxygens (including phenoxy) is 2. The Balaban J connectivity index is 1.20. The third-order valence-electron chi connectivity index (χ3n) is 8.72.